The van der Waals surface area contributed by atoms with E-state index >= 15 is 0 Å². The minimum Gasteiger partial charge on any atom is -0.353 e. The van der Waals surface area contributed by atoms with Gasteiger partial charge in [-0.1, -0.05) is 36.4 Å². The Kier molecular flexibility index (Phi) is 5.53. The molecule has 0 aliphatic rings. The van der Waals surface area contributed by atoms with Crippen molar-refractivity contribution < 1.29 is 4.79 Å². The Labute approximate surface area is 119 Å². The molecule has 0 spiro atoms. The molecule has 0 aliphatic heterocycles. The van der Waals surface area contributed by atoms with Crippen LogP contribution in [0.3, 0.4) is 0 Å². The van der Waals surface area contributed by atoms with E-state index in [0.29, 0.717) is 6.54 Å². The van der Waals surface area contributed by atoms with Gasteiger partial charge in [0.05, 0.1) is 0 Å². The lowest BCUT2D eigenvalue weighted by atomic mass is 10.1. The molecule has 1 heterocycles. The van der Waals surface area contributed by atoms with Crippen LogP contribution < -0.4 is 5.32 Å². The highest BCUT2D eigenvalue weighted by molar-refractivity contribution is 5.91. The lowest BCUT2D eigenvalue weighted by molar-refractivity contribution is -0.116. The zero-order valence-electron chi connectivity index (χ0n) is 11.3. The van der Waals surface area contributed by atoms with Gasteiger partial charge < -0.3 is 5.32 Å². The fraction of sp³-hybridized carbons (Fsp3) is 0.176. The standard InChI is InChI=1S/C17H18N2O/c20-17(11-10-16-9-4-12-18-14-16)19-13-5-8-15-6-2-1-3-7-15/h1-4,6-7,9-12,14H,5,8,13H2,(H,19,20)/b11-10+. The molecule has 0 fully saturated rings. The third-order valence-corrected chi connectivity index (χ3v) is 2.90. The third-order valence-electron chi connectivity index (χ3n) is 2.90. The van der Waals surface area contributed by atoms with E-state index in [0.717, 1.165) is 18.4 Å². The number of carbonyl (C=O) groups excluding carboxylic acids is 1. The largest absolute Gasteiger partial charge is 0.353 e. The smallest absolute Gasteiger partial charge is 0.244 e. The van der Waals surface area contributed by atoms with Crippen molar-refractivity contribution in [2.45, 2.75) is 12.8 Å². The molecular weight excluding hydrogens is 248 g/mol. The molecule has 1 amide bonds. The summed E-state index contributed by atoms with van der Waals surface area (Å²) in [6, 6.07) is 14.0. The van der Waals surface area contributed by atoms with Crippen LogP contribution in [-0.4, -0.2) is 17.4 Å². The quantitative estimate of drug-likeness (QED) is 0.645. The molecule has 1 aromatic heterocycles. The lowest BCUT2D eigenvalue weighted by Gasteiger charge is -2.02. The first-order valence-corrected chi connectivity index (χ1v) is 6.74. The number of amides is 1. The topological polar surface area (TPSA) is 42.0 Å². The van der Waals surface area contributed by atoms with E-state index in [4.69, 9.17) is 0 Å². The predicted octanol–water partition coefficient (Wildman–Crippen LogP) is 2.84. The van der Waals surface area contributed by atoms with Crippen LogP contribution in [0.15, 0.2) is 60.9 Å². The number of hydrogen-bond acceptors (Lipinski definition) is 2. The molecule has 20 heavy (non-hydrogen) atoms. The van der Waals surface area contributed by atoms with Gasteiger partial charge in [-0.2, -0.15) is 0 Å². The van der Waals surface area contributed by atoms with Crippen molar-refractivity contribution in [1.29, 1.82) is 0 Å². The highest BCUT2D eigenvalue weighted by atomic mass is 16.1. The van der Waals surface area contributed by atoms with Crippen LogP contribution in [0, 0.1) is 0 Å². The number of nitrogens with zero attached hydrogens (tertiary/aromatic N) is 1. The van der Waals surface area contributed by atoms with Gasteiger partial charge in [0.25, 0.3) is 0 Å². The molecule has 1 aromatic carbocycles. The summed E-state index contributed by atoms with van der Waals surface area (Å²) in [5, 5.41) is 2.88. The molecule has 1 N–H and O–H groups in total. The van der Waals surface area contributed by atoms with E-state index in [1.807, 2.05) is 30.3 Å². The summed E-state index contributed by atoms with van der Waals surface area (Å²) < 4.78 is 0. The van der Waals surface area contributed by atoms with Gasteiger partial charge in [0.2, 0.25) is 5.91 Å². The number of aryl methyl sites for hydroxylation is 1. The van der Waals surface area contributed by atoms with Crippen LogP contribution in [0.5, 0.6) is 0 Å². The van der Waals surface area contributed by atoms with E-state index in [1.54, 1.807) is 24.5 Å². The first-order valence-electron chi connectivity index (χ1n) is 6.74. The minimum absolute atomic E-state index is 0.0677. The normalized spacial score (nSPS) is 10.6. The van der Waals surface area contributed by atoms with Crippen LogP contribution in [0.2, 0.25) is 0 Å². The summed E-state index contributed by atoms with van der Waals surface area (Å²) in [6.07, 6.45) is 8.66. The molecule has 0 radical (unpaired) electrons. The molecule has 2 aromatic rings. The van der Waals surface area contributed by atoms with Crippen molar-refractivity contribution in [3.63, 3.8) is 0 Å². The molecule has 0 unspecified atom stereocenters. The van der Waals surface area contributed by atoms with Gasteiger partial charge in [-0.25, -0.2) is 0 Å². The summed E-state index contributed by atoms with van der Waals surface area (Å²) in [5.74, 6) is -0.0677. The Hall–Kier alpha value is -2.42. The molecule has 2 rings (SSSR count). The van der Waals surface area contributed by atoms with Gasteiger partial charge >= 0.3 is 0 Å². The van der Waals surface area contributed by atoms with Crippen molar-refractivity contribution >= 4 is 12.0 Å². The first-order chi connectivity index (χ1) is 9.84. The fourth-order valence-corrected chi connectivity index (χ4v) is 1.85. The average Bonchev–Trinajstić information content (AvgIpc) is 2.52. The Morgan fingerprint density at radius 2 is 2.00 bits per heavy atom. The van der Waals surface area contributed by atoms with Crippen LogP contribution in [-0.2, 0) is 11.2 Å². The number of nitrogens with one attached hydrogen (secondary N) is 1. The zero-order valence-corrected chi connectivity index (χ0v) is 11.3. The molecule has 0 saturated heterocycles. The van der Waals surface area contributed by atoms with Crippen molar-refractivity contribution in [1.82, 2.24) is 10.3 Å². The Morgan fingerprint density at radius 3 is 2.75 bits per heavy atom. The second-order valence-corrected chi connectivity index (χ2v) is 4.50. The summed E-state index contributed by atoms with van der Waals surface area (Å²) in [7, 11) is 0. The maximum atomic E-state index is 11.6. The highest BCUT2D eigenvalue weighted by Gasteiger charge is 1.96. The Morgan fingerprint density at radius 1 is 1.15 bits per heavy atom. The minimum atomic E-state index is -0.0677. The van der Waals surface area contributed by atoms with Gasteiger partial charge in [0.1, 0.15) is 0 Å². The van der Waals surface area contributed by atoms with Crippen molar-refractivity contribution in [2.24, 2.45) is 0 Å². The summed E-state index contributed by atoms with van der Waals surface area (Å²) >= 11 is 0. The van der Waals surface area contributed by atoms with Gasteiger partial charge in [-0.15, -0.1) is 0 Å². The SMILES string of the molecule is O=C(/C=C/c1cccnc1)NCCCc1ccccc1. The van der Waals surface area contributed by atoms with Crippen molar-refractivity contribution in [3.05, 3.63) is 72.1 Å². The maximum Gasteiger partial charge on any atom is 0.244 e. The number of aromatic nitrogens is 1. The molecule has 0 saturated carbocycles. The van der Waals surface area contributed by atoms with Gasteiger partial charge in [0.15, 0.2) is 0 Å². The van der Waals surface area contributed by atoms with Crippen LogP contribution in [0.4, 0.5) is 0 Å². The van der Waals surface area contributed by atoms with Gasteiger partial charge in [0, 0.05) is 25.0 Å². The van der Waals surface area contributed by atoms with Gasteiger partial charge in [-0.3, -0.25) is 9.78 Å². The van der Waals surface area contributed by atoms with Crippen LogP contribution in [0.25, 0.3) is 6.08 Å². The number of hydrogen-bond donors (Lipinski definition) is 1. The summed E-state index contributed by atoms with van der Waals surface area (Å²) in [5.41, 5.74) is 2.22. The Balaban J connectivity index is 1.67. The predicted molar refractivity (Wildman–Crippen MR) is 81.0 cm³/mol. The summed E-state index contributed by atoms with van der Waals surface area (Å²) in [4.78, 5) is 15.6. The molecule has 102 valence electrons. The Bertz CT molecular complexity index is 550. The van der Waals surface area contributed by atoms with Gasteiger partial charge in [-0.05, 0) is 36.1 Å². The summed E-state index contributed by atoms with van der Waals surface area (Å²) in [6.45, 7) is 0.686. The van der Waals surface area contributed by atoms with Crippen molar-refractivity contribution in [3.8, 4) is 0 Å². The lowest BCUT2D eigenvalue weighted by Crippen LogP contribution is -2.22. The molecule has 0 aliphatic carbocycles. The first kappa shape index (κ1) is 14.0. The molecule has 0 atom stereocenters. The number of carbonyl (C=O) groups is 1. The number of pyridine rings is 1. The van der Waals surface area contributed by atoms with E-state index < -0.39 is 0 Å². The van der Waals surface area contributed by atoms with Crippen LogP contribution in [0.1, 0.15) is 17.5 Å². The molecule has 0 bridgehead atoms. The average molecular weight is 266 g/mol. The van der Waals surface area contributed by atoms with E-state index in [-0.39, 0.29) is 5.91 Å². The number of rotatable bonds is 6. The second kappa shape index (κ2) is 7.89. The second-order valence-electron chi connectivity index (χ2n) is 4.50. The van der Waals surface area contributed by atoms with Crippen LogP contribution >= 0.6 is 0 Å². The van der Waals surface area contributed by atoms with E-state index in [9.17, 15) is 4.79 Å². The number of benzene rings is 1. The molecule has 3 heteroatoms. The van der Waals surface area contributed by atoms with E-state index in [2.05, 4.69) is 22.4 Å². The maximum absolute atomic E-state index is 11.6. The van der Waals surface area contributed by atoms with E-state index in [1.165, 1.54) is 5.56 Å². The molecular formula is C17H18N2O. The fourth-order valence-electron chi connectivity index (χ4n) is 1.85. The highest BCUT2D eigenvalue weighted by Crippen LogP contribution is 2.01. The van der Waals surface area contributed by atoms with Crippen molar-refractivity contribution in [2.75, 3.05) is 6.54 Å². The monoisotopic (exact) mass is 266 g/mol. The third kappa shape index (κ3) is 5.06. The molecule has 3 nitrogen and oxygen atoms in total. The zero-order chi connectivity index (χ0) is 14.0.